The summed E-state index contributed by atoms with van der Waals surface area (Å²) in [7, 11) is 0. The number of rotatable bonds is 3. The minimum atomic E-state index is -0.221. The highest BCUT2D eigenvalue weighted by Crippen LogP contribution is 2.03. The van der Waals surface area contributed by atoms with Gasteiger partial charge in [-0.25, -0.2) is 5.10 Å². The summed E-state index contributed by atoms with van der Waals surface area (Å²) in [5.41, 5.74) is 0.466. The van der Waals surface area contributed by atoms with Gasteiger partial charge in [0.1, 0.15) is 0 Å². The third kappa shape index (κ3) is 3.03. The quantitative estimate of drug-likeness (QED) is 0.711. The number of aromatic nitrogens is 2. The molecule has 82 valence electrons. The van der Waals surface area contributed by atoms with E-state index >= 15 is 0 Å². The molecule has 1 aromatic rings. The standard InChI is InChI=1S/C9H13N3O3/c13-9-3-7(4-11-12-9)10-5-8-6-14-1-2-15-8/h3-4,8H,1-2,5-6H2,(H2,10,12,13). The lowest BCUT2D eigenvalue weighted by molar-refractivity contribution is -0.0818. The van der Waals surface area contributed by atoms with E-state index in [0.717, 1.165) is 0 Å². The first-order chi connectivity index (χ1) is 7.34. The molecular weight excluding hydrogens is 198 g/mol. The normalized spacial score (nSPS) is 21.2. The number of H-pyrrole nitrogens is 1. The van der Waals surface area contributed by atoms with Crippen LogP contribution < -0.4 is 10.9 Å². The molecule has 2 N–H and O–H groups in total. The van der Waals surface area contributed by atoms with Gasteiger partial charge in [0.05, 0.1) is 37.8 Å². The average Bonchev–Trinajstić information content (AvgIpc) is 2.28. The molecule has 0 bridgehead atoms. The van der Waals surface area contributed by atoms with Gasteiger partial charge in [0.25, 0.3) is 5.56 Å². The molecule has 1 unspecified atom stereocenters. The van der Waals surface area contributed by atoms with Gasteiger partial charge in [-0.3, -0.25) is 4.79 Å². The lowest BCUT2D eigenvalue weighted by Gasteiger charge is -2.23. The summed E-state index contributed by atoms with van der Waals surface area (Å²) in [5.74, 6) is 0. The lowest BCUT2D eigenvalue weighted by atomic mass is 10.3. The van der Waals surface area contributed by atoms with Gasteiger partial charge >= 0.3 is 0 Å². The van der Waals surface area contributed by atoms with Gasteiger partial charge in [-0.15, -0.1) is 0 Å². The topological polar surface area (TPSA) is 76.2 Å². The zero-order valence-corrected chi connectivity index (χ0v) is 8.23. The second kappa shape index (κ2) is 4.90. The molecule has 6 nitrogen and oxygen atoms in total. The molecule has 0 saturated carbocycles. The van der Waals surface area contributed by atoms with Gasteiger partial charge in [0.15, 0.2) is 0 Å². The third-order valence-corrected chi connectivity index (χ3v) is 2.08. The number of nitrogens with one attached hydrogen (secondary N) is 2. The Bertz CT molecular complexity index is 360. The van der Waals surface area contributed by atoms with E-state index in [4.69, 9.17) is 9.47 Å². The monoisotopic (exact) mass is 211 g/mol. The number of aromatic amines is 1. The molecule has 6 heteroatoms. The smallest absolute Gasteiger partial charge is 0.266 e. The van der Waals surface area contributed by atoms with E-state index in [1.54, 1.807) is 6.20 Å². The van der Waals surface area contributed by atoms with Crippen molar-refractivity contribution in [3.05, 3.63) is 22.6 Å². The van der Waals surface area contributed by atoms with Crippen molar-refractivity contribution in [3.63, 3.8) is 0 Å². The second-order valence-electron chi connectivity index (χ2n) is 3.28. The SMILES string of the molecule is O=c1cc(NCC2COCCO2)cn[nH]1. The van der Waals surface area contributed by atoms with E-state index in [2.05, 4.69) is 15.5 Å². The Morgan fingerprint density at radius 1 is 1.60 bits per heavy atom. The summed E-state index contributed by atoms with van der Waals surface area (Å²) >= 11 is 0. The first-order valence-corrected chi connectivity index (χ1v) is 4.82. The van der Waals surface area contributed by atoms with Gasteiger partial charge in [-0.2, -0.15) is 5.10 Å². The van der Waals surface area contributed by atoms with Crippen LogP contribution in [0.3, 0.4) is 0 Å². The molecule has 0 radical (unpaired) electrons. The van der Waals surface area contributed by atoms with Crippen LogP contribution in [0.4, 0.5) is 5.69 Å². The first-order valence-electron chi connectivity index (χ1n) is 4.82. The Kier molecular flexibility index (Phi) is 3.31. The Morgan fingerprint density at radius 2 is 2.53 bits per heavy atom. The molecule has 1 atom stereocenters. The lowest BCUT2D eigenvalue weighted by Crippen LogP contribution is -2.34. The molecule has 1 aromatic heterocycles. The molecule has 1 aliphatic heterocycles. The molecule has 1 saturated heterocycles. The molecule has 0 amide bonds. The summed E-state index contributed by atoms with van der Waals surface area (Å²) in [6, 6.07) is 1.46. The Balaban J connectivity index is 1.84. The van der Waals surface area contributed by atoms with Crippen LogP contribution in [0.15, 0.2) is 17.1 Å². The summed E-state index contributed by atoms with van der Waals surface area (Å²) in [5, 5.41) is 9.05. The minimum Gasteiger partial charge on any atom is -0.381 e. The van der Waals surface area contributed by atoms with Crippen LogP contribution >= 0.6 is 0 Å². The number of hydrogen-bond acceptors (Lipinski definition) is 5. The van der Waals surface area contributed by atoms with Gasteiger partial charge in [-0.05, 0) is 0 Å². The van der Waals surface area contributed by atoms with Gasteiger partial charge in [0, 0.05) is 12.6 Å². The maximum atomic E-state index is 10.9. The van der Waals surface area contributed by atoms with Crippen LogP contribution in [0.1, 0.15) is 0 Å². The van der Waals surface area contributed by atoms with Crippen molar-refractivity contribution in [1.29, 1.82) is 0 Å². The second-order valence-corrected chi connectivity index (χ2v) is 3.28. The van der Waals surface area contributed by atoms with Crippen molar-refractivity contribution in [2.24, 2.45) is 0 Å². The fourth-order valence-corrected chi connectivity index (χ4v) is 1.36. The molecule has 0 aliphatic carbocycles. The van der Waals surface area contributed by atoms with Crippen molar-refractivity contribution in [2.45, 2.75) is 6.10 Å². The largest absolute Gasteiger partial charge is 0.381 e. The van der Waals surface area contributed by atoms with Gasteiger partial charge in [0.2, 0.25) is 0 Å². The van der Waals surface area contributed by atoms with Crippen molar-refractivity contribution in [2.75, 3.05) is 31.7 Å². The fraction of sp³-hybridized carbons (Fsp3) is 0.556. The molecule has 2 heterocycles. The van der Waals surface area contributed by atoms with Crippen LogP contribution in [-0.4, -0.2) is 42.7 Å². The number of hydrogen-bond donors (Lipinski definition) is 2. The molecule has 0 aromatic carbocycles. The van der Waals surface area contributed by atoms with Crippen molar-refractivity contribution < 1.29 is 9.47 Å². The van der Waals surface area contributed by atoms with Crippen LogP contribution in [0.5, 0.6) is 0 Å². The summed E-state index contributed by atoms with van der Waals surface area (Å²) in [4.78, 5) is 10.9. The summed E-state index contributed by atoms with van der Waals surface area (Å²) < 4.78 is 10.7. The summed E-state index contributed by atoms with van der Waals surface area (Å²) in [6.07, 6.45) is 1.60. The predicted octanol–water partition coefficient (Wildman–Crippen LogP) is -0.403. The van der Waals surface area contributed by atoms with Crippen molar-refractivity contribution in [1.82, 2.24) is 10.2 Å². The van der Waals surface area contributed by atoms with Gasteiger partial charge in [-0.1, -0.05) is 0 Å². The Labute approximate surface area is 86.6 Å². The van der Waals surface area contributed by atoms with Crippen molar-refractivity contribution >= 4 is 5.69 Å². The maximum Gasteiger partial charge on any atom is 0.266 e. The zero-order valence-electron chi connectivity index (χ0n) is 8.23. The predicted molar refractivity (Wildman–Crippen MR) is 53.9 cm³/mol. The van der Waals surface area contributed by atoms with Crippen LogP contribution in [-0.2, 0) is 9.47 Å². The maximum absolute atomic E-state index is 10.9. The third-order valence-electron chi connectivity index (χ3n) is 2.08. The van der Waals surface area contributed by atoms with Crippen LogP contribution in [0.2, 0.25) is 0 Å². The fourth-order valence-electron chi connectivity index (χ4n) is 1.36. The molecule has 1 fully saturated rings. The van der Waals surface area contributed by atoms with Crippen LogP contribution in [0.25, 0.3) is 0 Å². The van der Waals surface area contributed by atoms with E-state index < -0.39 is 0 Å². The Hall–Kier alpha value is -1.40. The molecule has 15 heavy (non-hydrogen) atoms. The highest BCUT2D eigenvalue weighted by atomic mass is 16.6. The van der Waals surface area contributed by atoms with E-state index in [-0.39, 0.29) is 11.7 Å². The highest BCUT2D eigenvalue weighted by molar-refractivity contribution is 5.38. The van der Waals surface area contributed by atoms with Crippen LogP contribution in [0, 0.1) is 0 Å². The highest BCUT2D eigenvalue weighted by Gasteiger charge is 2.13. The van der Waals surface area contributed by atoms with E-state index in [1.165, 1.54) is 6.07 Å². The molecule has 1 aliphatic rings. The average molecular weight is 211 g/mol. The molecule has 2 rings (SSSR count). The number of nitrogens with zero attached hydrogens (tertiary/aromatic N) is 1. The number of ether oxygens (including phenoxy) is 2. The van der Waals surface area contributed by atoms with E-state index in [0.29, 0.717) is 32.1 Å². The van der Waals surface area contributed by atoms with E-state index in [1.807, 2.05) is 0 Å². The number of anilines is 1. The first kappa shape index (κ1) is 10.1. The molecule has 0 spiro atoms. The summed E-state index contributed by atoms with van der Waals surface area (Å²) in [6.45, 7) is 2.48. The minimum absolute atomic E-state index is 0.0398. The zero-order chi connectivity index (χ0) is 10.5. The van der Waals surface area contributed by atoms with Gasteiger partial charge < -0.3 is 14.8 Å². The van der Waals surface area contributed by atoms with Crippen molar-refractivity contribution in [3.8, 4) is 0 Å². The molecular formula is C9H13N3O3. The Morgan fingerprint density at radius 3 is 3.27 bits per heavy atom. The van der Waals surface area contributed by atoms with E-state index in [9.17, 15) is 4.79 Å².